The highest BCUT2D eigenvalue weighted by Gasteiger charge is 2.03. The molecule has 0 aliphatic heterocycles. The lowest BCUT2D eigenvalue weighted by Gasteiger charge is -1.99. The molecule has 1 rings (SSSR count). The predicted octanol–water partition coefficient (Wildman–Crippen LogP) is 2.28. The van der Waals surface area contributed by atoms with Gasteiger partial charge < -0.3 is 0 Å². The second-order valence-corrected chi connectivity index (χ2v) is 2.69. The Balaban J connectivity index is 2.89. The van der Waals surface area contributed by atoms with E-state index in [1.807, 2.05) is 17.7 Å². The highest BCUT2D eigenvalue weighted by atomic mass is 15.3. The number of hydrogen-bond donors (Lipinski definition) is 0. The lowest BCUT2D eigenvalue weighted by molar-refractivity contribution is 0.614. The minimum atomic E-state index is 0.386. The third kappa shape index (κ3) is 2.23. The van der Waals surface area contributed by atoms with Gasteiger partial charge in [-0.2, -0.15) is 5.10 Å². The van der Waals surface area contributed by atoms with Crippen LogP contribution in [0.2, 0.25) is 0 Å². The maximum atomic E-state index is 8.18. The lowest BCUT2D eigenvalue weighted by atomic mass is 10.3. The van der Waals surface area contributed by atoms with Gasteiger partial charge in [-0.25, -0.2) is 0 Å². The van der Waals surface area contributed by atoms with Crippen LogP contribution < -0.4 is 0 Å². The molecule has 13 heavy (non-hydrogen) atoms. The normalized spacial score (nSPS) is 9.69. The summed E-state index contributed by atoms with van der Waals surface area (Å²) in [6.45, 7) is 5.28. The first-order valence-electron chi connectivity index (χ1n) is 4.38. The van der Waals surface area contributed by atoms with Gasteiger partial charge >= 0.3 is 0 Å². The van der Waals surface area contributed by atoms with Crippen molar-refractivity contribution in [2.45, 2.75) is 33.4 Å². The Kier molecular flexibility index (Phi) is 3.34. The topological polar surface area (TPSA) is 66.6 Å². The molecule has 0 atom stereocenters. The van der Waals surface area contributed by atoms with Crippen LogP contribution in [0.15, 0.2) is 11.2 Å². The van der Waals surface area contributed by atoms with E-state index in [0.29, 0.717) is 6.54 Å². The Morgan fingerprint density at radius 3 is 2.92 bits per heavy atom. The molecule has 1 aromatic heterocycles. The summed E-state index contributed by atoms with van der Waals surface area (Å²) < 4.78 is 1.87. The molecule has 1 aromatic rings. The molecule has 5 heteroatoms. The van der Waals surface area contributed by atoms with Gasteiger partial charge in [0.15, 0.2) is 0 Å². The van der Waals surface area contributed by atoms with Crippen molar-refractivity contribution in [2.24, 2.45) is 5.11 Å². The minimum Gasteiger partial charge on any atom is -0.269 e. The van der Waals surface area contributed by atoms with Gasteiger partial charge in [-0.05, 0) is 24.9 Å². The van der Waals surface area contributed by atoms with E-state index in [1.165, 1.54) is 0 Å². The van der Waals surface area contributed by atoms with Gasteiger partial charge in [0.2, 0.25) is 0 Å². The number of hydrogen-bond acceptors (Lipinski definition) is 2. The van der Waals surface area contributed by atoms with Gasteiger partial charge in [-0.1, -0.05) is 12.0 Å². The molecule has 0 bridgehead atoms. The molecule has 0 aromatic carbocycles. The van der Waals surface area contributed by atoms with E-state index in [-0.39, 0.29) is 0 Å². The van der Waals surface area contributed by atoms with Crippen molar-refractivity contribution in [1.29, 1.82) is 0 Å². The first-order chi connectivity index (χ1) is 6.31. The van der Waals surface area contributed by atoms with E-state index >= 15 is 0 Å². The van der Waals surface area contributed by atoms with Crippen LogP contribution in [0.4, 0.5) is 0 Å². The van der Waals surface area contributed by atoms with Crippen molar-refractivity contribution in [3.8, 4) is 0 Å². The molecule has 5 nitrogen and oxygen atoms in total. The van der Waals surface area contributed by atoms with Gasteiger partial charge in [-0.3, -0.25) is 4.68 Å². The van der Waals surface area contributed by atoms with Crippen LogP contribution in [-0.2, 0) is 19.5 Å². The quantitative estimate of drug-likeness (QED) is 0.397. The summed E-state index contributed by atoms with van der Waals surface area (Å²) in [5, 5.41) is 7.85. The maximum Gasteiger partial charge on any atom is 0.0681 e. The Bertz CT molecular complexity index is 321. The fraction of sp³-hybridized carbons (Fsp3) is 0.625. The largest absolute Gasteiger partial charge is 0.269 e. The van der Waals surface area contributed by atoms with Gasteiger partial charge in [0, 0.05) is 17.2 Å². The summed E-state index contributed by atoms with van der Waals surface area (Å²) in [5.74, 6) is 0. The van der Waals surface area contributed by atoms with E-state index in [1.54, 1.807) is 0 Å². The summed E-state index contributed by atoms with van der Waals surface area (Å²) in [6, 6.07) is 1.98. The number of azide groups is 1. The van der Waals surface area contributed by atoms with Crippen molar-refractivity contribution in [2.75, 3.05) is 0 Å². The molecule has 0 radical (unpaired) electrons. The van der Waals surface area contributed by atoms with Gasteiger partial charge in [-0.15, -0.1) is 0 Å². The predicted molar refractivity (Wildman–Crippen MR) is 50.1 cm³/mol. The molecular formula is C8H13N5. The van der Waals surface area contributed by atoms with Gasteiger partial charge in [0.25, 0.3) is 0 Å². The van der Waals surface area contributed by atoms with Crippen molar-refractivity contribution < 1.29 is 0 Å². The molecule has 0 aliphatic rings. The average Bonchev–Trinajstić information content (AvgIpc) is 2.57. The summed E-state index contributed by atoms with van der Waals surface area (Å²) in [5.41, 5.74) is 10.2. The number of rotatable bonds is 4. The number of aromatic nitrogens is 2. The highest BCUT2D eigenvalue weighted by Crippen LogP contribution is 2.06. The molecule has 0 spiro atoms. The van der Waals surface area contributed by atoms with E-state index in [9.17, 15) is 0 Å². The van der Waals surface area contributed by atoms with Crippen molar-refractivity contribution >= 4 is 0 Å². The molecule has 0 N–H and O–H groups in total. The Morgan fingerprint density at radius 2 is 2.38 bits per heavy atom. The molecule has 70 valence electrons. The number of aryl methyl sites for hydroxylation is 2. The van der Waals surface area contributed by atoms with Crippen LogP contribution in [0.25, 0.3) is 10.4 Å². The van der Waals surface area contributed by atoms with Crippen LogP contribution in [0.5, 0.6) is 0 Å². The fourth-order valence-corrected chi connectivity index (χ4v) is 1.19. The first kappa shape index (κ1) is 9.61. The van der Waals surface area contributed by atoms with E-state index in [4.69, 9.17) is 5.53 Å². The fourth-order valence-electron chi connectivity index (χ4n) is 1.19. The SMILES string of the molecule is CCc1cc(CN=[N+]=[N-])n(CC)n1. The maximum absolute atomic E-state index is 8.18. The van der Waals surface area contributed by atoms with Crippen molar-refractivity contribution in [3.05, 3.63) is 27.9 Å². The third-order valence-corrected chi connectivity index (χ3v) is 1.87. The monoisotopic (exact) mass is 179 g/mol. The zero-order chi connectivity index (χ0) is 9.68. The molecule has 0 saturated heterocycles. The Hall–Kier alpha value is -1.48. The molecule has 1 heterocycles. The van der Waals surface area contributed by atoms with Crippen LogP contribution in [0.1, 0.15) is 25.2 Å². The lowest BCUT2D eigenvalue weighted by Crippen LogP contribution is -2.01. The van der Waals surface area contributed by atoms with Crippen LogP contribution >= 0.6 is 0 Å². The summed E-state index contributed by atoms with van der Waals surface area (Å²) in [6.07, 6.45) is 0.913. The molecule has 0 unspecified atom stereocenters. The third-order valence-electron chi connectivity index (χ3n) is 1.87. The first-order valence-corrected chi connectivity index (χ1v) is 4.38. The smallest absolute Gasteiger partial charge is 0.0681 e. The molecular weight excluding hydrogens is 166 g/mol. The summed E-state index contributed by atoms with van der Waals surface area (Å²) in [4.78, 5) is 2.73. The zero-order valence-corrected chi connectivity index (χ0v) is 7.93. The molecule has 0 aliphatic carbocycles. The zero-order valence-electron chi connectivity index (χ0n) is 7.93. The molecule has 0 amide bonds. The van der Waals surface area contributed by atoms with Gasteiger partial charge in [0.05, 0.1) is 12.2 Å². The van der Waals surface area contributed by atoms with Crippen LogP contribution in [-0.4, -0.2) is 9.78 Å². The minimum absolute atomic E-state index is 0.386. The molecule has 0 saturated carbocycles. The second-order valence-electron chi connectivity index (χ2n) is 2.69. The Morgan fingerprint density at radius 1 is 1.62 bits per heavy atom. The standard InChI is InChI=1S/C8H13N5/c1-3-7-5-8(6-10-12-9)13(4-2)11-7/h5H,3-4,6H2,1-2H3. The van der Waals surface area contributed by atoms with Crippen molar-refractivity contribution in [1.82, 2.24) is 9.78 Å². The van der Waals surface area contributed by atoms with E-state index < -0.39 is 0 Å². The summed E-state index contributed by atoms with van der Waals surface area (Å²) >= 11 is 0. The van der Waals surface area contributed by atoms with E-state index in [2.05, 4.69) is 22.0 Å². The van der Waals surface area contributed by atoms with Gasteiger partial charge in [0.1, 0.15) is 0 Å². The second kappa shape index (κ2) is 4.52. The van der Waals surface area contributed by atoms with E-state index in [0.717, 1.165) is 24.4 Å². The highest BCUT2D eigenvalue weighted by molar-refractivity contribution is 5.10. The van der Waals surface area contributed by atoms with Crippen molar-refractivity contribution in [3.63, 3.8) is 0 Å². The molecule has 0 fully saturated rings. The number of nitrogens with zero attached hydrogens (tertiary/aromatic N) is 5. The summed E-state index contributed by atoms with van der Waals surface area (Å²) in [7, 11) is 0. The Labute approximate surface area is 77.0 Å². The van der Waals surface area contributed by atoms with Crippen LogP contribution in [0, 0.1) is 0 Å². The average molecular weight is 179 g/mol. The van der Waals surface area contributed by atoms with Crippen LogP contribution in [0.3, 0.4) is 0 Å².